The molecule has 0 aromatic heterocycles. The zero-order chi connectivity index (χ0) is 15.7. The first-order chi connectivity index (χ1) is 10.6. The molecule has 3 aliphatic rings. The van der Waals surface area contributed by atoms with Crippen molar-refractivity contribution in [2.75, 3.05) is 26.2 Å². The molecule has 3 rings (SSSR count). The van der Waals surface area contributed by atoms with Crippen LogP contribution in [0.3, 0.4) is 0 Å². The van der Waals surface area contributed by atoms with E-state index in [1.54, 1.807) is 0 Å². The largest absolute Gasteiger partial charge is 0.373 e. The van der Waals surface area contributed by atoms with Crippen molar-refractivity contribution in [1.82, 2.24) is 15.5 Å². The molecule has 3 aliphatic heterocycles. The fourth-order valence-corrected chi connectivity index (χ4v) is 3.72. The highest BCUT2D eigenvalue weighted by Crippen LogP contribution is 2.48. The van der Waals surface area contributed by atoms with E-state index in [0.717, 1.165) is 30.7 Å². The monoisotopic (exact) mass is 345 g/mol. The number of likely N-dealkylation sites (tertiary alicyclic amines) is 1. The predicted molar refractivity (Wildman–Crippen MR) is 85.0 cm³/mol. The number of fused-ring (bicyclic) bond motifs is 5. The second-order valence-corrected chi connectivity index (χ2v) is 6.20. The third-order valence-electron chi connectivity index (χ3n) is 4.73. The van der Waals surface area contributed by atoms with E-state index in [1.165, 1.54) is 0 Å². The van der Waals surface area contributed by atoms with Gasteiger partial charge in [-0.3, -0.25) is 19.3 Å². The number of halogens is 1. The summed E-state index contributed by atoms with van der Waals surface area (Å²) >= 11 is 0. The molecule has 23 heavy (non-hydrogen) atoms. The van der Waals surface area contributed by atoms with E-state index in [0.29, 0.717) is 13.1 Å². The summed E-state index contributed by atoms with van der Waals surface area (Å²) in [5.41, 5.74) is 0. The molecule has 2 bridgehead atoms. The van der Waals surface area contributed by atoms with Crippen LogP contribution in [-0.4, -0.2) is 61.0 Å². The maximum Gasteiger partial charge on any atom is 0.240 e. The molecule has 0 saturated carbocycles. The summed E-state index contributed by atoms with van der Waals surface area (Å²) in [6, 6.07) is 0. The van der Waals surface area contributed by atoms with Gasteiger partial charge in [0.25, 0.3) is 0 Å². The molecule has 3 heterocycles. The van der Waals surface area contributed by atoms with E-state index in [1.807, 2.05) is 0 Å². The predicted octanol–water partition coefficient (Wildman–Crippen LogP) is -0.314. The minimum atomic E-state index is -0.356. The van der Waals surface area contributed by atoms with Crippen molar-refractivity contribution in [1.29, 1.82) is 0 Å². The van der Waals surface area contributed by atoms with Gasteiger partial charge in [-0.05, 0) is 25.8 Å². The van der Waals surface area contributed by atoms with E-state index in [2.05, 4.69) is 17.6 Å². The average molecular weight is 346 g/mol. The van der Waals surface area contributed by atoms with Crippen LogP contribution in [0.2, 0.25) is 0 Å². The van der Waals surface area contributed by atoms with Crippen LogP contribution in [-0.2, 0) is 19.1 Å². The standard InChI is InChI=1S/C15H23N3O4.ClH/c1-2-5-16-6-7-17-11(19)8-18-14(20)12-9-3-4-10(22-9)13(12)15(18)21;/h9-10,12-13,16H,2-8H2,1H3,(H,17,19);1H. The van der Waals surface area contributed by atoms with Crippen molar-refractivity contribution < 1.29 is 19.1 Å². The van der Waals surface area contributed by atoms with Crippen molar-refractivity contribution in [3.63, 3.8) is 0 Å². The number of ether oxygens (including phenoxy) is 1. The van der Waals surface area contributed by atoms with Gasteiger partial charge in [0.05, 0.1) is 24.0 Å². The summed E-state index contributed by atoms with van der Waals surface area (Å²) in [6.07, 6.45) is 2.47. The van der Waals surface area contributed by atoms with Crippen molar-refractivity contribution in [3.8, 4) is 0 Å². The number of hydrogen-bond acceptors (Lipinski definition) is 5. The Labute approximate surface area is 141 Å². The number of nitrogens with one attached hydrogen (secondary N) is 2. The van der Waals surface area contributed by atoms with E-state index in [-0.39, 0.29) is 60.7 Å². The molecule has 2 N–H and O–H groups in total. The summed E-state index contributed by atoms with van der Waals surface area (Å²) in [7, 11) is 0. The van der Waals surface area contributed by atoms with E-state index in [4.69, 9.17) is 4.74 Å². The van der Waals surface area contributed by atoms with Crippen LogP contribution in [0.1, 0.15) is 26.2 Å². The molecule has 4 atom stereocenters. The molecule has 3 fully saturated rings. The Balaban J connectivity index is 0.00000192. The van der Waals surface area contributed by atoms with Crippen LogP contribution in [0, 0.1) is 11.8 Å². The van der Waals surface area contributed by atoms with Crippen molar-refractivity contribution in [2.45, 2.75) is 38.4 Å². The van der Waals surface area contributed by atoms with Crippen LogP contribution >= 0.6 is 12.4 Å². The van der Waals surface area contributed by atoms with Gasteiger partial charge < -0.3 is 15.4 Å². The van der Waals surface area contributed by atoms with Crippen LogP contribution in [0.5, 0.6) is 0 Å². The minimum absolute atomic E-state index is 0. The maximum absolute atomic E-state index is 12.4. The lowest BCUT2D eigenvalue weighted by Gasteiger charge is -2.17. The van der Waals surface area contributed by atoms with Gasteiger partial charge in [-0.25, -0.2) is 0 Å². The Hall–Kier alpha value is -1.18. The number of rotatable bonds is 7. The van der Waals surface area contributed by atoms with Gasteiger partial charge in [-0.15, -0.1) is 12.4 Å². The second kappa shape index (κ2) is 7.59. The van der Waals surface area contributed by atoms with Gasteiger partial charge >= 0.3 is 0 Å². The van der Waals surface area contributed by atoms with Gasteiger partial charge in [-0.2, -0.15) is 0 Å². The molecule has 7 nitrogen and oxygen atoms in total. The van der Waals surface area contributed by atoms with Crippen molar-refractivity contribution in [2.24, 2.45) is 11.8 Å². The van der Waals surface area contributed by atoms with Gasteiger partial charge in [-0.1, -0.05) is 6.92 Å². The molecular formula is C15H24ClN3O4. The highest BCUT2D eigenvalue weighted by molar-refractivity contribution is 6.08. The first kappa shape index (κ1) is 18.2. The second-order valence-electron chi connectivity index (χ2n) is 6.20. The van der Waals surface area contributed by atoms with E-state index >= 15 is 0 Å². The highest BCUT2D eigenvalue weighted by atomic mass is 35.5. The number of imide groups is 1. The molecule has 130 valence electrons. The van der Waals surface area contributed by atoms with Gasteiger partial charge in [0.2, 0.25) is 17.7 Å². The molecule has 0 aromatic carbocycles. The number of carbonyl (C=O) groups excluding carboxylic acids is 3. The molecular weight excluding hydrogens is 322 g/mol. The maximum atomic E-state index is 12.4. The lowest BCUT2D eigenvalue weighted by atomic mass is 9.81. The minimum Gasteiger partial charge on any atom is -0.373 e. The van der Waals surface area contributed by atoms with Crippen LogP contribution in [0.15, 0.2) is 0 Å². The number of nitrogens with zero attached hydrogens (tertiary/aromatic N) is 1. The Morgan fingerprint density at radius 3 is 2.30 bits per heavy atom. The van der Waals surface area contributed by atoms with Crippen molar-refractivity contribution in [3.05, 3.63) is 0 Å². The van der Waals surface area contributed by atoms with Crippen molar-refractivity contribution >= 4 is 30.1 Å². The molecule has 0 aliphatic carbocycles. The van der Waals surface area contributed by atoms with Crippen LogP contribution < -0.4 is 10.6 Å². The summed E-state index contributed by atoms with van der Waals surface area (Å²) < 4.78 is 5.66. The summed E-state index contributed by atoms with van der Waals surface area (Å²) in [5, 5.41) is 5.91. The molecule has 3 saturated heterocycles. The first-order valence-electron chi connectivity index (χ1n) is 8.11. The molecule has 0 radical (unpaired) electrons. The Morgan fingerprint density at radius 1 is 1.13 bits per heavy atom. The summed E-state index contributed by atoms with van der Waals surface area (Å²) in [4.78, 5) is 37.8. The van der Waals surface area contributed by atoms with Crippen LogP contribution in [0.25, 0.3) is 0 Å². The lowest BCUT2D eigenvalue weighted by molar-refractivity contribution is -0.145. The number of amides is 3. The summed E-state index contributed by atoms with van der Waals surface area (Å²) in [6.45, 7) is 3.99. The zero-order valence-electron chi connectivity index (χ0n) is 13.2. The third kappa shape index (κ3) is 3.36. The Bertz CT molecular complexity index is 459. The quantitative estimate of drug-likeness (QED) is 0.488. The highest BCUT2D eigenvalue weighted by Gasteiger charge is 2.62. The van der Waals surface area contributed by atoms with Gasteiger partial charge in [0.1, 0.15) is 6.54 Å². The van der Waals surface area contributed by atoms with Crippen LogP contribution in [0.4, 0.5) is 0 Å². The average Bonchev–Trinajstić information content (AvgIpc) is 3.17. The topological polar surface area (TPSA) is 87.7 Å². The molecule has 4 unspecified atom stereocenters. The molecule has 3 amide bonds. The fraction of sp³-hybridized carbons (Fsp3) is 0.800. The van der Waals surface area contributed by atoms with Gasteiger partial charge in [0, 0.05) is 13.1 Å². The number of hydrogen-bond donors (Lipinski definition) is 2. The SMILES string of the molecule is CCCNCCNC(=O)CN1C(=O)C2C3CCC(O3)C2C1=O.Cl. The Morgan fingerprint density at radius 2 is 1.74 bits per heavy atom. The van der Waals surface area contributed by atoms with Gasteiger partial charge in [0.15, 0.2) is 0 Å². The normalized spacial score (nSPS) is 31.3. The molecule has 0 spiro atoms. The van der Waals surface area contributed by atoms with E-state index in [9.17, 15) is 14.4 Å². The molecule has 0 aromatic rings. The Kier molecular flexibility index (Phi) is 6.00. The first-order valence-corrected chi connectivity index (χ1v) is 8.11. The third-order valence-corrected chi connectivity index (χ3v) is 4.73. The number of carbonyl (C=O) groups is 3. The lowest BCUT2D eigenvalue weighted by Crippen LogP contribution is -2.43. The fourth-order valence-electron chi connectivity index (χ4n) is 3.72. The summed E-state index contributed by atoms with van der Waals surface area (Å²) in [5.74, 6) is -1.47. The zero-order valence-corrected chi connectivity index (χ0v) is 14.1. The molecule has 8 heteroatoms. The van der Waals surface area contributed by atoms with E-state index < -0.39 is 0 Å². The smallest absolute Gasteiger partial charge is 0.240 e.